The predicted octanol–water partition coefficient (Wildman–Crippen LogP) is 4.93. The molecule has 0 aromatic heterocycles. The molecule has 0 spiro atoms. The van der Waals surface area contributed by atoms with Crippen LogP contribution < -0.4 is 9.80 Å². The van der Waals surface area contributed by atoms with E-state index in [-0.39, 0.29) is 10.8 Å². The maximum absolute atomic E-state index is 13.4. The van der Waals surface area contributed by atoms with Crippen molar-refractivity contribution >= 4 is 35.0 Å². The molecule has 0 bridgehead atoms. The molecule has 0 N–H and O–H groups in total. The first kappa shape index (κ1) is 20.8. The van der Waals surface area contributed by atoms with Gasteiger partial charge in [0.2, 0.25) is 0 Å². The highest BCUT2D eigenvalue weighted by Crippen LogP contribution is 2.40. The second-order valence-corrected chi connectivity index (χ2v) is 7.29. The van der Waals surface area contributed by atoms with E-state index in [1.807, 2.05) is 30.3 Å². The Bertz CT molecular complexity index is 965. The lowest BCUT2D eigenvalue weighted by atomic mass is 9.76. The molecule has 0 unspecified atom stereocenters. The van der Waals surface area contributed by atoms with Crippen LogP contribution in [-0.4, -0.2) is 24.0 Å². The molecule has 0 saturated heterocycles. The number of alkyl halides is 3. The van der Waals surface area contributed by atoms with Crippen LogP contribution in [0.2, 0.25) is 0 Å². The minimum atomic E-state index is -4.67. The standard InChI is InChI=1S/C21H18F3N3OS/c1-26(17-9-8-15(13-25)18(12-17)21(22,23)24)19(29)27(16-6-3-2-4-7-16)20(14-28)10-5-11-20/h2-4,6-9,12,14H,5,10-11H2,1H3. The van der Waals surface area contributed by atoms with Gasteiger partial charge in [-0.05, 0) is 61.8 Å². The SMILES string of the molecule is CN(C(=S)N(c1ccccc1)C1(C=O)CCC1)c1ccc(C#N)c(C(F)(F)F)c1. The van der Waals surface area contributed by atoms with Crippen LogP contribution >= 0.6 is 12.2 Å². The van der Waals surface area contributed by atoms with Crippen LogP contribution in [0, 0.1) is 11.3 Å². The van der Waals surface area contributed by atoms with Crippen LogP contribution in [0.15, 0.2) is 48.5 Å². The van der Waals surface area contributed by atoms with Gasteiger partial charge in [-0.25, -0.2) is 0 Å². The average Bonchev–Trinajstić information content (AvgIpc) is 2.69. The Morgan fingerprint density at radius 1 is 1.17 bits per heavy atom. The molecule has 2 aromatic carbocycles. The van der Waals surface area contributed by atoms with Crippen LogP contribution in [0.25, 0.3) is 0 Å². The van der Waals surface area contributed by atoms with Gasteiger partial charge in [0.05, 0.1) is 17.2 Å². The summed E-state index contributed by atoms with van der Waals surface area (Å²) in [6.45, 7) is 0. The van der Waals surface area contributed by atoms with Crippen molar-refractivity contribution in [1.82, 2.24) is 0 Å². The lowest BCUT2D eigenvalue weighted by Crippen LogP contribution is -2.60. The van der Waals surface area contributed by atoms with Crippen molar-refractivity contribution in [3.8, 4) is 6.07 Å². The van der Waals surface area contributed by atoms with E-state index in [1.165, 1.54) is 11.0 Å². The van der Waals surface area contributed by atoms with Crippen LogP contribution in [-0.2, 0) is 11.0 Å². The van der Waals surface area contributed by atoms with Gasteiger partial charge in [0.1, 0.15) is 11.8 Å². The second kappa shape index (κ2) is 7.84. The third-order valence-corrected chi connectivity index (χ3v) is 5.65. The van der Waals surface area contributed by atoms with Gasteiger partial charge >= 0.3 is 6.18 Å². The van der Waals surface area contributed by atoms with Gasteiger partial charge in [0, 0.05) is 18.4 Å². The molecule has 0 amide bonds. The van der Waals surface area contributed by atoms with E-state index in [9.17, 15) is 18.0 Å². The predicted molar refractivity (Wildman–Crippen MR) is 109 cm³/mol. The van der Waals surface area contributed by atoms with Crippen LogP contribution in [0.4, 0.5) is 24.5 Å². The number of hydrogen-bond acceptors (Lipinski definition) is 3. The molecule has 4 nitrogen and oxygen atoms in total. The number of rotatable bonds is 4. The molecule has 1 saturated carbocycles. The molecule has 0 heterocycles. The molecule has 8 heteroatoms. The van der Waals surface area contributed by atoms with E-state index in [2.05, 4.69) is 0 Å². The van der Waals surface area contributed by atoms with Gasteiger partial charge in [-0.3, -0.25) is 0 Å². The molecule has 1 aliphatic rings. The molecule has 29 heavy (non-hydrogen) atoms. The van der Waals surface area contributed by atoms with Crippen molar-refractivity contribution in [2.75, 3.05) is 16.8 Å². The molecule has 150 valence electrons. The zero-order valence-electron chi connectivity index (χ0n) is 15.6. The number of carbonyl (C=O) groups is 1. The molecule has 0 atom stereocenters. The number of anilines is 2. The van der Waals surface area contributed by atoms with E-state index in [1.54, 1.807) is 18.0 Å². The van der Waals surface area contributed by atoms with Gasteiger partial charge in [-0.1, -0.05) is 18.2 Å². The van der Waals surface area contributed by atoms with Crippen molar-refractivity contribution in [3.63, 3.8) is 0 Å². The fourth-order valence-electron chi connectivity index (χ4n) is 3.40. The van der Waals surface area contributed by atoms with Crippen molar-refractivity contribution in [2.45, 2.75) is 31.0 Å². The normalized spacial score (nSPS) is 15.0. The Morgan fingerprint density at radius 2 is 1.83 bits per heavy atom. The van der Waals surface area contributed by atoms with Crippen molar-refractivity contribution in [3.05, 3.63) is 59.7 Å². The van der Waals surface area contributed by atoms with E-state index >= 15 is 0 Å². The summed E-state index contributed by atoms with van der Waals surface area (Å²) in [5.74, 6) is 0. The number of halogens is 3. The number of para-hydroxylation sites is 1. The first-order valence-electron chi connectivity index (χ1n) is 8.94. The van der Waals surface area contributed by atoms with E-state index in [4.69, 9.17) is 17.5 Å². The third-order valence-electron chi connectivity index (χ3n) is 5.19. The lowest BCUT2D eigenvalue weighted by Gasteiger charge is -2.48. The highest BCUT2D eigenvalue weighted by Gasteiger charge is 2.45. The summed E-state index contributed by atoms with van der Waals surface area (Å²) in [6, 6.07) is 14.1. The highest BCUT2D eigenvalue weighted by molar-refractivity contribution is 7.80. The summed E-state index contributed by atoms with van der Waals surface area (Å²) in [6.07, 6.45) is -1.71. The van der Waals surface area contributed by atoms with Gasteiger partial charge in [-0.15, -0.1) is 0 Å². The Morgan fingerprint density at radius 3 is 2.31 bits per heavy atom. The first-order chi connectivity index (χ1) is 13.7. The van der Waals surface area contributed by atoms with E-state index in [0.29, 0.717) is 18.5 Å². The Kier molecular flexibility index (Phi) is 5.62. The average molecular weight is 417 g/mol. The van der Waals surface area contributed by atoms with Crippen molar-refractivity contribution < 1.29 is 18.0 Å². The number of aldehydes is 1. The number of nitriles is 1. The maximum atomic E-state index is 13.4. The fourth-order valence-corrected chi connectivity index (χ4v) is 3.79. The number of benzene rings is 2. The fraction of sp³-hybridized carbons (Fsp3) is 0.286. The monoisotopic (exact) mass is 417 g/mol. The van der Waals surface area contributed by atoms with E-state index in [0.717, 1.165) is 24.8 Å². The molecule has 0 radical (unpaired) electrons. The summed E-state index contributed by atoms with van der Waals surface area (Å²) < 4.78 is 40.1. The molecule has 2 aromatic rings. The molecular weight excluding hydrogens is 399 g/mol. The largest absolute Gasteiger partial charge is 0.417 e. The van der Waals surface area contributed by atoms with Gasteiger partial charge in [0.15, 0.2) is 5.11 Å². The van der Waals surface area contributed by atoms with Gasteiger partial charge < -0.3 is 14.6 Å². The number of carbonyl (C=O) groups excluding carboxylic acids is 1. The molecule has 1 aliphatic carbocycles. The van der Waals surface area contributed by atoms with Crippen LogP contribution in [0.1, 0.15) is 30.4 Å². The smallest absolute Gasteiger partial charge is 0.322 e. The minimum Gasteiger partial charge on any atom is -0.322 e. The third kappa shape index (κ3) is 3.83. The van der Waals surface area contributed by atoms with Crippen LogP contribution in [0.3, 0.4) is 0 Å². The molecule has 3 rings (SSSR count). The summed E-state index contributed by atoms with van der Waals surface area (Å²) in [7, 11) is 1.55. The van der Waals surface area contributed by atoms with Gasteiger partial charge in [-0.2, -0.15) is 18.4 Å². The topological polar surface area (TPSA) is 47.3 Å². The summed E-state index contributed by atoms with van der Waals surface area (Å²) in [4.78, 5) is 15.1. The Labute approximate surface area is 172 Å². The number of hydrogen-bond donors (Lipinski definition) is 0. The zero-order chi connectivity index (χ0) is 21.2. The minimum absolute atomic E-state index is 0.183. The van der Waals surface area contributed by atoms with E-state index < -0.39 is 22.8 Å². The first-order valence-corrected chi connectivity index (χ1v) is 9.35. The highest BCUT2D eigenvalue weighted by atomic mass is 32.1. The number of thiocarbonyl (C=S) groups is 1. The second-order valence-electron chi connectivity index (χ2n) is 6.93. The summed E-state index contributed by atoms with van der Waals surface area (Å²) in [5.41, 5.74) is -1.41. The lowest BCUT2D eigenvalue weighted by molar-refractivity contribution is -0.137. The molecular formula is C21H18F3N3OS. The maximum Gasteiger partial charge on any atom is 0.417 e. The van der Waals surface area contributed by atoms with Crippen molar-refractivity contribution in [1.29, 1.82) is 5.26 Å². The Hall–Kier alpha value is -2.92. The molecule has 0 aliphatic heterocycles. The quantitative estimate of drug-likeness (QED) is 0.522. The zero-order valence-corrected chi connectivity index (χ0v) is 16.4. The number of nitrogens with zero attached hydrogens (tertiary/aromatic N) is 3. The Balaban J connectivity index is 2.03. The summed E-state index contributed by atoms with van der Waals surface area (Å²) >= 11 is 5.62. The summed E-state index contributed by atoms with van der Waals surface area (Å²) in [5, 5.41) is 9.21. The van der Waals surface area contributed by atoms with Crippen molar-refractivity contribution in [2.24, 2.45) is 0 Å². The van der Waals surface area contributed by atoms with Gasteiger partial charge in [0.25, 0.3) is 0 Å². The molecule has 1 fully saturated rings. The van der Waals surface area contributed by atoms with Crippen LogP contribution in [0.5, 0.6) is 0 Å².